The summed E-state index contributed by atoms with van der Waals surface area (Å²) < 4.78 is 22.1. The van der Waals surface area contributed by atoms with E-state index in [9.17, 15) is 8.42 Å². The van der Waals surface area contributed by atoms with E-state index in [0.29, 0.717) is 6.42 Å². The van der Waals surface area contributed by atoms with Crippen molar-refractivity contribution in [2.45, 2.75) is 12.5 Å². The molecule has 4 nitrogen and oxygen atoms in total. The van der Waals surface area contributed by atoms with Crippen molar-refractivity contribution in [2.75, 3.05) is 31.0 Å². The molecule has 0 saturated heterocycles. The van der Waals surface area contributed by atoms with Gasteiger partial charge in [-0.15, -0.1) is 0 Å². The number of hydrogen-bond donors (Lipinski definition) is 1. The second kappa shape index (κ2) is 5.51. The molecule has 0 aliphatic carbocycles. The van der Waals surface area contributed by atoms with Gasteiger partial charge in [0.05, 0.1) is 5.75 Å². The van der Waals surface area contributed by atoms with E-state index in [1.165, 1.54) is 6.26 Å². The van der Waals surface area contributed by atoms with Gasteiger partial charge in [-0.25, -0.2) is 8.42 Å². The van der Waals surface area contributed by atoms with E-state index >= 15 is 0 Å². The maximum atomic E-state index is 11.0. The second-order valence-corrected chi connectivity index (χ2v) is 6.77. The van der Waals surface area contributed by atoms with Crippen molar-refractivity contribution >= 4 is 15.5 Å². The first-order valence-electron chi connectivity index (χ1n) is 5.50. The van der Waals surface area contributed by atoms with Gasteiger partial charge in [-0.2, -0.15) is 0 Å². The fourth-order valence-corrected chi connectivity index (χ4v) is 2.21. The van der Waals surface area contributed by atoms with Crippen molar-refractivity contribution in [1.82, 2.24) is 0 Å². The van der Waals surface area contributed by atoms with Gasteiger partial charge in [-0.3, -0.25) is 0 Å². The molecule has 96 valence electrons. The summed E-state index contributed by atoms with van der Waals surface area (Å²) in [5.74, 6) is 0.129. The monoisotopic (exact) mass is 256 g/mol. The SMILES string of the molecule is CN(C)c1ccc(C(N)CCS(C)(=O)=O)cc1. The molecule has 0 radical (unpaired) electrons. The molecule has 0 fully saturated rings. The third-order valence-corrected chi connectivity index (χ3v) is 3.61. The van der Waals surface area contributed by atoms with Crippen LogP contribution in [0.25, 0.3) is 0 Å². The normalized spacial score (nSPS) is 13.4. The molecular formula is C12H20N2O2S. The van der Waals surface area contributed by atoms with Crippen LogP contribution in [0.5, 0.6) is 0 Å². The van der Waals surface area contributed by atoms with Crippen LogP contribution in [-0.4, -0.2) is 34.5 Å². The Labute approximate surface area is 103 Å². The van der Waals surface area contributed by atoms with Gasteiger partial charge in [0, 0.05) is 32.1 Å². The molecule has 0 heterocycles. The summed E-state index contributed by atoms with van der Waals surface area (Å²) in [6, 6.07) is 7.64. The van der Waals surface area contributed by atoms with Gasteiger partial charge in [0.1, 0.15) is 9.84 Å². The van der Waals surface area contributed by atoms with Crippen molar-refractivity contribution < 1.29 is 8.42 Å². The van der Waals surface area contributed by atoms with Gasteiger partial charge < -0.3 is 10.6 Å². The minimum Gasteiger partial charge on any atom is -0.378 e. The van der Waals surface area contributed by atoms with Gasteiger partial charge >= 0.3 is 0 Å². The summed E-state index contributed by atoms with van der Waals surface area (Å²) in [6.07, 6.45) is 1.69. The zero-order valence-corrected chi connectivity index (χ0v) is 11.4. The van der Waals surface area contributed by atoms with Crippen LogP contribution in [0.1, 0.15) is 18.0 Å². The molecule has 0 aliphatic rings. The van der Waals surface area contributed by atoms with E-state index in [1.807, 2.05) is 43.3 Å². The van der Waals surface area contributed by atoms with Crippen LogP contribution in [0.2, 0.25) is 0 Å². The van der Waals surface area contributed by atoms with E-state index in [-0.39, 0.29) is 11.8 Å². The van der Waals surface area contributed by atoms with Crippen LogP contribution < -0.4 is 10.6 Å². The number of sulfone groups is 1. The van der Waals surface area contributed by atoms with E-state index in [4.69, 9.17) is 5.73 Å². The van der Waals surface area contributed by atoms with Crippen molar-refractivity contribution in [2.24, 2.45) is 5.73 Å². The largest absolute Gasteiger partial charge is 0.378 e. The Morgan fingerprint density at radius 3 is 2.18 bits per heavy atom. The number of rotatable bonds is 5. The Morgan fingerprint density at radius 1 is 1.24 bits per heavy atom. The third kappa shape index (κ3) is 4.75. The highest BCUT2D eigenvalue weighted by Crippen LogP contribution is 2.18. The molecule has 2 N–H and O–H groups in total. The highest BCUT2D eigenvalue weighted by atomic mass is 32.2. The van der Waals surface area contributed by atoms with Crippen molar-refractivity contribution in [1.29, 1.82) is 0 Å². The molecule has 0 spiro atoms. The summed E-state index contributed by atoms with van der Waals surface area (Å²) >= 11 is 0. The fraction of sp³-hybridized carbons (Fsp3) is 0.500. The third-order valence-electron chi connectivity index (χ3n) is 2.64. The van der Waals surface area contributed by atoms with Crippen LogP contribution in [0.15, 0.2) is 24.3 Å². The molecular weight excluding hydrogens is 236 g/mol. The Bertz CT molecular complexity index is 452. The average molecular weight is 256 g/mol. The Balaban J connectivity index is 2.67. The molecule has 1 unspecified atom stereocenters. The maximum Gasteiger partial charge on any atom is 0.147 e. The molecule has 1 atom stereocenters. The van der Waals surface area contributed by atoms with Gasteiger partial charge in [0.2, 0.25) is 0 Å². The van der Waals surface area contributed by atoms with E-state index in [1.54, 1.807) is 0 Å². The zero-order chi connectivity index (χ0) is 13.1. The lowest BCUT2D eigenvalue weighted by molar-refractivity contribution is 0.592. The zero-order valence-electron chi connectivity index (χ0n) is 10.6. The highest BCUT2D eigenvalue weighted by Gasteiger charge is 2.10. The lowest BCUT2D eigenvalue weighted by Gasteiger charge is -2.15. The van der Waals surface area contributed by atoms with Crippen LogP contribution in [0.4, 0.5) is 5.69 Å². The van der Waals surface area contributed by atoms with Gasteiger partial charge in [-0.1, -0.05) is 12.1 Å². The predicted molar refractivity (Wildman–Crippen MR) is 72.0 cm³/mol. The summed E-state index contributed by atoms with van der Waals surface area (Å²) in [7, 11) is 1.00. The Morgan fingerprint density at radius 2 is 1.76 bits per heavy atom. The summed E-state index contributed by atoms with van der Waals surface area (Å²) in [5, 5.41) is 0. The molecule has 1 rings (SSSR count). The molecule has 0 aromatic heterocycles. The molecule has 0 aliphatic heterocycles. The van der Waals surface area contributed by atoms with E-state index < -0.39 is 9.84 Å². The fourth-order valence-electron chi connectivity index (χ4n) is 1.53. The Kier molecular flexibility index (Phi) is 4.54. The minimum atomic E-state index is -2.94. The maximum absolute atomic E-state index is 11.0. The molecule has 5 heteroatoms. The number of anilines is 1. The van der Waals surface area contributed by atoms with Crippen molar-refractivity contribution in [3.63, 3.8) is 0 Å². The minimum absolute atomic E-state index is 0.129. The van der Waals surface area contributed by atoms with Crippen LogP contribution in [0, 0.1) is 0 Å². The molecule has 1 aromatic rings. The number of benzene rings is 1. The molecule has 0 bridgehead atoms. The van der Waals surface area contributed by atoms with Crippen LogP contribution in [-0.2, 0) is 9.84 Å². The van der Waals surface area contributed by atoms with Crippen molar-refractivity contribution in [3.8, 4) is 0 Å². The van der Waals surface area contributed by atoms with E-state index in [2.05, 4.69) is 0 Å². The lowest BCUT2D eigenvalue weighted by Crippen LogP contribution is -2.16. The predicted octanol–water partition coefficient (Wildman–Crippen LogP) is 1.19. The average Bonchev–Trinajstić information content (AvgIpc) is 2.25. The molecule has 0 amide bonds. The second-order valence-electron chi connectivity index (χ2n) is 4.51. The van der Waals surface area contributed by atoms with Crippen LogP contribution >= 0.6 is 0 Å². The van der Waals surface area contributed by atoms with Gasteiger partial charge in [0.25, 0.3) is 0 Å². The highest BCUT2D eigenvalue weighted by molar-refractivity contribution is 7.90. The topological polar surface area (TPSA) is 63.4 Å². The smallest absolute Gasteiger partial charge is 0.147 e. The lowest BCUT2D eigenvalue weighted by atomic mass is 10.1. The molecule has 17 heavy (non-hydrogen) atoms. The molecule has 0 saturated carbocycles. The van der Waals surface area contributed by atoms with Gasteiger partial charge in [0.15, 0.2) is 0 Å². The van der Waals surface area contributed by atoms with E-state index in [0.717, 1.165) is 11.3 Å². The first-order chi connectivity index (χ1) is 7.79. The summed E-state index contributed by atoms with van der Waals surface area (Å²) in [6.45, 7) is 0. The first-order valence-corrected chi connectivity index (χ1v) is 7.56. The Hall–Kier alpha value is -1.07. The van der Waals surface area contributed by atoms with Crippen LogP contribution in [0.3, 0.4) is 0 Å². The first kappa shape index (κ1) is 14.0. The standard InChI is InChI=1S/C12H20N2O2S/c1-14(2)11-6-4-10(5-7-11)12(13)8-9-17(3,15)16/h4-7,12H,8-9,13H2,1-3H3. The van der Waals surface area contributed by atoms with Crippen molar-refractivity contribution in [3.05, 3.63) is 29.8 Å². The number of nitrogens with zero attached hydrogens (tertiary/aromatic N) is 1. The number of nitrogens with two attached hydrogens (primary N) is 1. The number of hydrogen-bond acceptors (Lipinski definition) is 4. The summed E-state index contributed by atoms with van der Waals surface area (Å²) in [5.41, 5.74) is 8.02. The van der Waals surface area contributed by atoms with Gasteiger partial charge in [-0.05, 0) is 24.1 Å². The summed E-state index contributed by atoms with van der Waals surface area (Å²) in [4.78, 5) is 2.01. The quantitative estimate of drug-likeness (QED) is 0.859. The molecule has 1 aromatic carbocycles.